The van der Waals surface area contributed by atoms with Crippen molar-refractivity contribution in [1.82, 2.24) is 30.3 Å². The molecule has 2 aliphatic rings. The minimum atomic E-state index is -3.05. The van der Waals surface area contributed by atoms with Crippen molar-refractivity contribution >= 4 is 23.3 Å². The number of aromatic nitrogens is 5. The second kappa shape index (κ2) is 9.03. The number of nitrogens with one attached hydrogen (secondary N) is 3. The highest BCUT2D eigenvalue weighted by Crippen LogP contribution is 2.51. The van der Waals surface area contributed by atoms with Crippen molar-refractivity contribution in [3.63, 3.8) is 0 Å². The van der Waals surface area contributed by atoms with E-state index in [0.29, 0.717) is 25.1 Å². The number of hydrogen-bond acceptors (Lipinski definition) is 6. The van der Waals surface area contributed by atoms with E-state index in [4.69, 9.17) is 0 Å². The summed E-state index contributed by atoms with van der Waals surface area (Å²) in [5, 5.41) is 14.5. The fourth-order valence-electron chi connectivity index (χ4n) is 5.32. The van der Waals surface area contributed by atoms with Gasteiger partial charge in [-0.15, -0.1) is 5.10 Å². The molecule has 10 nitrogen and oxygen atoms in total. The van der Waals surface area contributed by atoms with Crippen LogP contribution < -0.4 is 10.6 Å². The minimum absolute atomic E-state index is 0.0141. The number of Topliss-reactive ketones (excluding diaryl/α,β-unsaturated/α-hetero) is 1. The van der Waals surface area contributed by atoms with Crippen molar-refractivity contribution in [2.45, 2.75) is 63.7 Å². The predicted molar refractivity (Wildman–Crippen MR) is 124 cm³/mol. The quantitative estimate of drug-likeness (QED) is 0.242. The number of carbonyl (C=O) groups excluding carboxylic acids is 3. The second-order valence-electron chi connectivity index (χ2n) is 9.61. The number of alkyl halides is 3. The van der Waals surface area contributed by atoms with Crippen molar-refractivity contribution in [2.24, 2.45) is 0 Å². The maximum atomic E-state index is 14.7. The van der Waals surface area contributed by atoms with Crippen LogP contribution in [0, 0.1) is 12.7 Å². The van der Waals surface area contributed by atoms with Gasteiger partial charge in [0, 0.05) is 37.5 Å². The van der Waals surface area contributed by atoms with Gasteiger partial charge in [-0.1, -0.05) is 5.21 Å². The van der Waals surface area contributed by atoms with Crippen molar-refractivity contribution in [1.29, 1.82) is 0 Å². The number of H-pyrrole nitrogens is 1. The lowest BCUT2D eigenvalue weighted by molar-refractivity contribution is -0.148. The highest BCUT2D eigenvalue weighted by molar-refractivity contribution is 6.44. The summed E-state index contributed by atoms with van der Waals surface area (Å²) in [6, 6.07) is 1.18. The largest absolute Gasteiger partial charge is 0.340 e. The molecule has 0 radical (unpaired) electrons. The van der Waals surface area contributed by atoms with E-state index in [0.717, 1.165) is 13.1 Å². The van der Waals surface area contributed by atoms with E-state index in [1.165, 1.54) is 19.2 Å². The predicted octanol–water partition coefficient (Wildman–Crippen LogP) is 3.30. The summed E-state index contributed by atoms with van der Waals surface area (Å²) < 4.78 is 57.6. The molecule has 0 saturated heterocycles. The number of amides is 2. The number of anilines is 1. The molecule has 1 saturated carbocycles. The Hall–Kier alpha value is -4.10. The van der Waals surface area contributed by atoms with E-state index in [-0.39, 0.29) is 28.2 Å². The molecule has 200 valence electrons. The molecule has 0 spiro atoms. The summed E-state index contributed by atoms with van der Waals surface area (Å²) in [6.07, 6.45) is 0.212. The lowest BCUT2D eigenvalue weighted by Gasteiger charge is -2.46. The summed E-state index contributed by atoms with van der Waals surface area (Å²) >= 11 is 0. The lowest BCUT2D eigenvalue weighted by Crippen LogP contribution is -2.61. The van der Waals surface area contributed by atoms with Gasteiger partial charge < -0.3 is 15.2 Å². The molecule has 14 heteroatoms. The van der Waals surface area contributed by atoms with Gasteiger partial charge in [0.05, 0.1) is 16.8 Å². The molecule has 38 heavy (non-hydrogen) atoms. The number of rotatable bonds is 7. The maximum absolute atomic E-state index is 14.7. The number of hydrogen-bond donors (Lipinski definition) is 3. The zero-order valence-electron chi connectivity index (χ0n) is 20.4. The monoisotopic (exact) mass is 533 g/mol. The molecule has 1 aliphatic heterocycles. The van der Waals surface area contributed by atoms with Crippen LogP contribution in [0.15, 0.2) is 18.5 Å². The molecule has 3 aromatic rings. The number of halogens is 4. The Morgan fingerprint density at radius 1 is 1.24 bits per heavy atom. The number of ketones is 1. The third-order valence-corrected chi connectivity index (χ3v) is 6.98. The van der Waals surface area contributed by atoms with Crippen molar-refractivity contribution in [2.75, 3.05) is 5.32 Å². The van der Waals surface area contributed by atoms with Gasteiger partial charge in [-0.05, 0) is 38.3 Å². The zero-order chi connectivity index (χ0) is 27.4. The van der Waals surface area contributed by atoms with Crippen LogP contribution in [0.2, 0.25) is 0 Å². The summed E-state index contributed by atoms with van der Waals surface area (Å²) in [5.41, 5.74) is -1.59. The first kappa shape index (κ1) is 25.5. The molecule has 1 atom stereocenters. The topological polar surface area (TPSA) is 135 Å². The first-order chi connectivity index (χ1) is 17.9. The Labute approximate surface area is 213 Å². The second-order valence-corrected chi connectivity index (χ2v) is 9.61. The van der Waals surface area contributed by atoms with Gasteiger partial charge in [0.1, 0.15) is 23.3 Å². The van der Waals surface area contributed by atoms with Crippen LogP contribution in [-0.4, -0.2) is 48.5 Å². The Morgan fingerprint density at radius 2 is 1.97 bits per heavy atom. The van der Waals surface area contributed by atoms with Gasteiger partial charge in [0.2, 0.25) is 0 Å². The zero-order valence-corrected chi connectivity index (χ0v) is 20.4. The molecule has 5 rings (SSSR count). The van der Waals surface area contributed by atoms with Gasteiger partial charge in [-0.3, -0.25) is 24.5 Å². The summed E-state index contributed by atoms with van der Waals surface area (Å²) in [7, 11) is 0. The Morgan fingerprint density at radius 3 is 2.61 bits per heavy atom. The molecular formula is C24H23F4N7O3. The third kappa shape index (κ3) is 4.13. The highest BCUT2D eigenvalue weighted by Gasteiger charge is 2.60. The molecule has 1 aliphatic carbocycles. The Bertz CT molecular complexity index is 1440. The smallest absolute Gasteiger partial charge is 0.293 e. The van der Waals surface area contributed by atoms with Crippen LogP contribution in [0.1, 0.15) is 75.8 Å². The van der Waals surface area contributed by atoms with Crippen LogP contribution in [0.3, 0.4) is 0 Å². The molecular weight excluding hydrogens is 510 g/mol. The van der Waals surface area contributed by atoms with Gasteiger partial charge in [0.25, 0.3) is 23.5 Å². The third-order valence-electron chi connectivity index (χ3n) is 6.98. The van der Waals surface area contributed by atoms with Crippen molar-refractivity contribution in [3.8, 4) is 0 Å². The van der Waals surface area contributed by atoms with Crippen LogP contribution >= 0.6 is 0 Å². The van der Waals surface area contributed by atoms with Crippen LogP contribution in [0.4, 0.5) is 23.2 Å². The molecule has 1 unspecified atom stereocenters. The van der Waals surface area contributed by atoms with Gasteiger partial charge in [-0.2, -0.15) is 0 Å². The average Bonchev–Trinajstić information content (AvgIpc) is 3.56. The van der Waals surface area contributed by atoms with Gasteiger partial charge in [0.15, 0.2) is 5.82 Å². The van der Waals surface area contributed by atoms with Gasteiger partial charge >= 0.3 is 0 Å². The number of carbonyl (C=O) groups is 3. The van der Waals surface area contributed by atoms with Crippen molar-refractivity contribution in [3.05, 3.63) is 58.2 Å². The van der Waals surface area contributed by atoms with E-state index in [1.54, 1.807) is 4.57 Å². The fraction of sp³-hybridized carbons (Fsp3) is 0.417. The summed E-state index contributed by atoms with van der Waals surface area (Å²) in [6.45, 7) is 2.96. The first-order valence-electron chi connectivity index (χ1n) is 11.9. The Balaban J connectivity index is 1.44. The number of nitrogens with zero attached hydrogens (tertiary/aromatic N) is 4. The molecule has 4 heterocycles. The first-order valence-corrected chi connectivity index (χ1v) is 11.9. The molecule has 3 aromatic heterocycles. The van der Waals surface area contributed by atoms with Crippen molar-refractivity contribution < 1.29 is 31.9 Å². The highest BCUT2D eigenvalue weighted by atomic mass is 19.3. The molecule has 0 bridgehead atoms. The van der Waals surface area contributed by atoms with E-state index in [2.05, 4.69) is 31.0 Å². The minimum Gasteiger partial charge on any atom is -0.340 e. The maximum Gasteiger partial charge on any atom is 0.293 e. The van der Waals surface area contributed by atoms with E-state index < -0.39 is 59.6 Å². The molecule has 1 fully saturated rings. The van der Waals surface area contributed by atoms with Crippen LogP contribution in [-0.2, 0) is 23.3 Å². The van der Waals surface area contributed by atoms with Crippen LogP contribution in [0.25, 0.3) is 0 Å². The normalized spacial score (nSPS) is 17.8. The summed E-state index contributed by atoms with van der Waals surface area (Å²) in [4.78, 5) is 43.3. The number of fused-ring (bicyclic) bond motifs is 1. The number of aromatic amines is 1. The Kier molecular flexibility index (Phi) is 6.07. The van der Waals surface area contributed by atoms with E-state index in [9.17, 15) is 31.9 Å². The van der Waals surface area contributed by atoms with E-state index in [1.807, 2.05) is 0 Å². The molecule has 2 amide bonds. The van der Waals surface area contributed by atoms with Gasteiger partial charge in [-0.25, -0.2) is 17.6 Å². The lowest BCUT2D eigenvalue weighted by atomic mass is 9.71. The molecule has 3 N–H and O–H groups in total. The number of pyridine rings is 1. The molecule has 0 aromatic carbocycles. The van der Waals surface area contributed by atoms with Crippen LogP contribution in [0.5, 0.6) is 0 Å². The van der Waals surface area contributed by atoms with E-state index >= 15 is 0 Å². The summed E-state index contributed by atoms with van der Waals surface area (Å²) in [5.74, 6) is -6.94. The fourth-order valence-corrected chi connectivity index (χ4v) is 5.32. The average molecular weight is 533 g/mol. The standard InChI is InChI=1S/C24H23F4N7O3/c1-11-16(20(36)22(38)32-23(9-24(27,28)10-23)15-8-30-34-33-15)14-4-3-7-35(14)19(11)21(37)31-13-5-6-29-18(12(2)25)17(13)26/h5-6,8,12H,3-4,7,9-10H2,1-2H3,(H,32,38)(H,29,31,37)(H,30,33,34). The SMILES string of the molecule is Cc1c(C(=O)C(=O)NC2(c3c[nH]nn3)CC(F)(F)C2)c2n(c1C(=O)Nc1ccnc(C(C)F)c1F)CCC2.